The summed E-state index contributed by atoms with van der Waals surface area (Å²) in [5, 5.41) is 0. The van der Waals surface area contributed by atoms with Crippen LogP contribution >= 0.6 is 0 Å². The van der Waals surface area contributed by atoms with Gasteiger partial charge in [0, 0.05) is 44.8 Å². The average Bonchev–Trinajstić information content (AvgIpc) is 2.73. The predicted octanol–water partition coefficient (Wildman–Crippen LogP) is 6.59. The van der Waals surface area contributed by atoms with Gasteiger partial charge in [-0.1, -0.05) is 50.5 Å². The fourth-order valence-corrected chi connectivity index (χ4v) is 4.18. The molecule has 1 atom stereocenters. The summed E-state index contributed by atoms with van der Waals surface area (Å²) in [6, 6.07) is 15.0. The molecule has 0 aromatic heterocycles. The number of amides is 1. The van der Waals surface area contributed by atoms with Crippen molar-refractivity contribution in [3.63, 3.8) is 0 Å². The molecule has 3 rings (SSSR count). The van der Waals surface area contributed by atoms with E-state index in [1.54, 1.807) is 0 Å². The van der Waals surface area contributed by atoms with E-state index in [4.69, 9.17) is 4.74 Å². The van der Waals surface area contributed by atoms with Crippen LogP contribution in [0.4, 0.5) is 5.69 Å². The van der Waals surface area contributed by atoms with Gasteiger partial charge in [0.25, 0.3) is 0 Å². The number of hydrogen-bond acceptors (Lipinski definition) is 2. The SMILES string of the molecule is [CH2-]COc1cc(C2CCCC(=O)N2c2ccc(CCCCCC)cc2)ccc1C.[Y]. The largest absolute Gasteiger partial charge is 0.525 e. The molecule has 30 heavy (non-hydrogen) atoms. The first-order valence-corrected chi connectivity index (χ1v) is 11.1. The van der Waals surface area contributed by atoms with Crippen LogP contribution in [0.2, 0.25) is 0 Å². The number of anilines is 1. The van der Waals surface area contributed by atoms with Crippen molar-refractivity contribution in [1.82, 2.24) is 0 Å². The van der Waals surface area contributed by atoms with E-state index in [0.717, 1.165) is 41.8 Å². The summed E-state index contributed by atoms with van der Waals surface area (Å²) in [7, 11) is 0. The molecule has 1 amide bonds. The average molecular weight is 481 g/mol. The molecule has 1 radical (unpaired) electrons. The first kappa shape index (κ1) is 25.1. The summed E-state index contributed by atoms with van der Waals surface area (Å²) in [4.78, 5) is 14.9. The molecule has 0 N–H and O–H groups in total. The van der Waals surface area contributed by atoms with Gasteiger partial charge in [-0.15, -0.1) is 0 Å². The molecule has 1 unspecified atom stereocenters. The molecular formula is C26H34NO2Y-. The van der Waals surface area contributed by atoms with E-state index >= 15 is 0 Å². The Morgan fingerprint density at radius 1 is 1.10 bits per heavy atom. The second-order valence-corrected chi connectivity index (χ2v) is 8.02. The Hall–Kier alpha value is -1.19. The van der Waals surface area contributed by atoms with Gasteiger partial charge >= 0.3 is 0 Å². The minimum atomic E-state index is 0. The van der Waals surface area contributed by atoms with Crippen LogP contribution in [0.25, 0.3) is 0 Å². The molecule has 1 aliphatic heterocycles. The van der Waals surface area contributed by atoms with Crippen LogP contribution in [0.3, 0.4) is 0 Å². The number of nitrogens with zero attached hydrogens (tertiary/aromatic N) is 1. The molecule has 1 saturated heterocycles. The number of benzene rings is 2. The van der Waals surface area contributed by atoms with Crippen molar-refractivity contribution in [3.8, 4) is 5.75 Å². The molecule has 159 valence electrons. The van der Waals surface area contributed by atoms with E-state index < -0.39 is 0 Å². The van der Waals surface area contributed by atoms with Crippen LogP contribution in [0.5, 0.6) is 5.75 Å². The molecule has 2 aromatic rings. The van der Waals surface area contributed by atoms with Crippen molar-refractivity contribution in [2.45, 2.75) is 71.3 Å². The van der Waals surface area contributed by atoms with Crippen molar-refractivity contribution < 1.29 is 42.2 Å². The number of ether oxygens (including phenoxy) is 1. The molecule has 0 spiro atoms. The third-order valence-electron chi connectivity index (χ3n) is 5.84. The first-order chi connectivity index (χ1) is 14.1. The number of hydrogen-bond donors (Lipinski definition) is 0. The normalized spacial score (nSPS) is 16.3. The Balaban J connectivity index is 0.00000320. The summed E-state index contributed by atoms with van der Waals surface area (Å²) in [5.41, 5.74) is 4.58. The number of aryl methyl sites for hydroxylation is 2. The smallest absolute Gasteiger partial charge is 0.227 e. The molecule has 1 fully saturated rings. The summed E-state index contributed by atoms with van der Waals surface area (Å²) in [5.74, 6) is 1.06. The summed E-state index contributed by atoms with van der Waals surface area (Å²) in [6.07, 6.45) is 8.71. The van der Waals surface area contributed by atoms with Crippen LogP contribution in [0.15, 0.2) is 42.5 Å². The Labute approximate surface area is 207 Å². The van der Waals surface area contributed by atoms with Gasteiger partial charge < -0.3 is 16.6 Å². The summed E-state index contributed by atoms with van der Waals surface area (Å²) >= 11 is 0. The standard InChI is InChI=1S/C26H34NO2.Y/c1-4-6-7-8-10-21-14-17-23(18-15-21)27-24(11-9-12-26(27)28)22-16-13-20(3)25(19-22)29-5-2;/h13-19,24H,2,4-12H2,1,3H3;/q-1;. The summed E-state index contributed by atoms with van der Waals surface area (Å²) in [6.45, 7) is 8.47. The van der Waals surface area contributed by atoms with Gasteiger partial charge in [0.1, 0.15) is 5.75 Å². The van der Waals surface area contributed by atoms with Crippen LogP contribution in [0, 0.1) is 13.8 Å². The zero-order chi connectivity index (χ0) is 20.6. The maximum atomic E-state index is 12.9. The van der Waals surface area contributed by atoms with Crippen molar-refractivity contribution in [2.75, 3.05) is 11.5 Å². The fraction of sp³-hybridized carbons (Fsp3) is 0.462. The minimum Gasteiger partial charge on any atom is -0.525 e. The fourth-order valence-electron chi connectivity index (χ4n) is 4.18. The summed E-state index contributed by atoms with van der Waals surface area (Å²) < 4.78 is 5.69. The molecule has 1 aliphatic rings. The molecule has 0 aliphatic carbocycles. The van der Waals surface area contributed by atoms with Crippen molar-refractivity contribution in [1.29, 1.82) is 0 Å². The van der Waals surface area contributed by atoms with Crippen LogP contribution in [-0.2, 0) is 43.9 Å². The van der Waals surface area contributed by atoms with Gasteiger partial charge in [-0.2, -0.15) is 0 Å². The zero-order valence-electron chi connectivity index (χ0n) is 18.5. The van der Waals surface area contributed by atoms with Gasteiger partial charge in [-0.3, -0.25) is 4.79 Å². The zero-order valence-corrected chi connectivity index (χ0v) is 21.4. The topological polar surface area (TPSA) is 29.5 Å². The molecule has 4 heteroatoms. The van der Waals surface area contributed by atoms with E-state index in [1.165, 1.54) is 31.2 Å². The number of rotatable bonds is 9. The molecule has 1 heterocycles. The second-order valence-electron chi connectivity index (χ2n) is 8.02. The molecule has 0 saturated carbocycles. The van der Waals surface area contributed by atoms with Gasteiger partial charge in [-0.05, 0) is 74.1 Å². The maximum absolute atomic E-state index is 12.9. The quantitative estimate of drug-likeness (QED) is 0.299. The van der Waals surface area contributed by atoms with Crippen LogP contribution < -0.4 is 9.64 Å². The van der Waals surface area contributed by atoms with Crippen LogP contribution in [-0.4, -0.2) is 12.5 Å². The number of piperidine rings is 1. The molecular weight excluding hydrogens is 447 g/mol. The molecule has 3 nitrogen and oxygen atoms in total. The number of unbranched alkanes of at least 4 members (excludes halogenated alkanes) is 3. The van der Waals surface area contributed by atoms with Crippen molar-refractivity contribution in [3.05, 3.63) is 66.1 Å². The van der Waals surface area contributed by atoms with Gasteiger partial charge in [0.05, 0.1) is 6.04 Å². The monoisotopic (exact) mass is 481 g/mol. The Bertz CT molecular complexity index is 803. The van der Waals surface area contributed by atoms with Gasteiger partial charge in [0.2, 0.25) is 5.91 Å². The Kier molecular flexibility index (Phi) is 10.5. The third kappa shape index (κ3) is 6.41. The van der Waals surface area contributed by atoms with E-state index in [9.17, 15) is 4.79 Å². The van der Waals surface area contributed by atoms with Crippen LogP contribution in [0.1, 0.15) is 74.6 Å². The number of carbonyl (C=O) groups excluding carboxylic acids is 1. The van der Waals surface area contributed by atoms with Gasteiger partial charge in [0.15, 0.2) is 0 Å². The Morgan fingerprint density at radius 3 is 2.57 bits per heavy atom. The second kappa shape index (κ2) is 12.6. The molecule has 0 bridgehead atoms. The Morgan fingerprint density at radius 2 is 1.87 bits per heavy atom. The van der Waals surface area contributed by atoms with Crippen molar-refractivity contribution >= 4 is 11.6 Å². The first-order valence-electron chi connectivity index (χ1n) is 11.1. The van der Waals surface area contributed by atoms with E-state index in [1.807, 2.05) is 11.8 Å². The van der Waals surface area contributed by atoms with Crippen molar-refractivity contribution in [2.24, 2.45) is 0 Å². The van der Waals surface area contributed by atoms with Gasteiger partial charge in [-0.25, -0.2) is 0 Å². The third-order valence-corrected chi connectivity index (χ3v) is 5.84. The minimum absolute atomic E-state index is 0. The molecule has 2 aromatic carbocycles. The maximum Gasteiger partial charge on any atom is 0.227 e. The number of carbonyl (C=O) groups is 1. The van der Waals surface area contributed by atoms with E-state index in [0.29, 0.717) is 13.0 Å². The van der Waals surface area contributed by atoms with E-state index in [-0.39, 0.29) is 44.7 Å². The predicted molar refractivity (Wildman–Crippen MR) is 120 cm³/mol. The van der Waals surface area contributed by atoms with E-state index in [2.05, 4.69) is 56.3 Å².